The van der Waals surface area contributed by atoms with Crippen molar-refractivity contribution in [3.05, 3.63) is 114 Å². The molecule has 0 atom stereocenters. The van der Waals surface area contributed by atoms with Crippen molar-refractivity contribution in [3.63, 3.8) is 0 Å². The number of carbonyl (C=O) groups is 2. The second-order valence-corrected chi connectivity index (χ2v) is 9.92. The summed E-state index contributed by atoms with van der Waals surface area (Å²) >= 11 is 6.48. The van der Waals surface area contributed by atoms with Crippen molar-refractivity contribution in [3.8, 4) is 11.3 Å². The van der Waals surface area contributed by atoms with Crippen LogP contribution in [0.15, 0.2) is 91.3 Å². The van der Waals surface area contributed by atoms with Crippen molar-refractivity contribution in [1.29, 1.82) is 0 Å². The lowest BCUT2D eigenvalue weighted by Crippen LogP contribution is -2.15. The maximum Gasteiger partial charge on any atom is 0.274 e. The molecule has 0 aliphatic rings. The number of pyridine rings is 1. The fourth-order valence-electron chi connectivity index (χ4n) is 4.06. The molecule has 5 rings (SSSR count). The number of hydrogen-bond donors (Lipinski definition) is 3. The number of halogens is 1. The quantitative estimate of drug-likeness (QED) is 0.185. The summed E-state index contributed by atoms with van der Waals surface area (Å²) in [5, 5.41) is 11.0. The minimum atomic E-state index is -0.398. The van der Waals surface area contributed by atoms with Gasteiger partial charge in [-0.3, -0.25) is 9.59 Å². The third kappa shape index (κ3) is 7.06. The van der Waals surface area contributed by atoms with E-state index in [0.29, 0.717) is 40.3 Å². The van der Waals surface area contributed by atoms with Crippen LogP contribution in [0.25, 0.3) is 22.0 Å². The van der Waals surface area contributed by atoms with Gasteiger partial charge in [-0.15, -0.1) is 0 Å². The van der Waals surface area contributed by atoms with E-state index in [2.05, 4.69) is 43.0 Å². The van der Waals surface area contributed by atoms with Crippen LogP contribution in [0.2, 0.25) is 5.02 Å². The van der Waals surface area contributed by atoms with Crippen molar-refractivity contribution in [2.75, 3.05) is 36.6 Å². The molecule has 0 bridgehead atoms. The molecule has 0 aliphatic carbocycles. The number of rotatable bonds is 9. The highest BCUT2D eigenvalue weighted by Gasteiger charge is 2.13. The molecule has 0 saturated carbocycles. The zero-order valence-electron chi connectivity index (χ0n) is 22.9. The first-order valence-corrected chi connectivity index (χ1v) is 13.3. The SMILES string of the molecule is CN(C)C/C=C/C(=O)Nc1ccc(C(=O)Nc2cccc(Nc3ncc(Cl)c(-c4cc#cc5ccccc45)n3)c2)nc1. The van der Waals surface area contributed by atoms with E-state index in [9.17, 15) is 9.59 Å². The highest BCUT2D eigenvalue weighted by Crippen LogP contribution is 2.31. The van der Waals surface area contributed by atoms with Crippen LogP contribution >= 0.6 is 11.6 Å². The molecule has 208 valence electrons. The van der Waals surface area contributed by atoms with Crippen molar-refractivity contribution in [1.82, 2.24) is 19.9 Å². The lowest BCUT2D eigenvalue weighted by atomic mass is 10.0. The van der Waals surface area contributed by atoms with E-state index in [0.717, 1.165) is 16.3 Å². The Balaban J connectivity index is 1.26. The van der Waals surface area contributed by atoms with Gasteiger partial charge in [-0.2, -0.15) is 0 Å². The zero-order chi connectivity index (χ0) is 29.5. The van der Waals surface area contributed by atoms with Gasteiger partial charge in [0.15, 0.2) is 0 Å². The molecule has 2 heterocycles. The zero-order valence-corrected chi connectivity index (χ0v) is 23.6. The average molecular weight is 576 g/mol. The summed E-state index contributed by atoms with van der Waals surface area (Å²) in [6.45, 7) is 0.651. The van der Waals surface area contributed by atoms with Gasteiger partial charge in [0, 0.05) is 40.3 Å². The Bertz CT molecular complexity index is 1770. The molecule has 5 aromatic rings. The smallest absolute Gasteiger partial charge is 0.274 e. The second-order valence-electron chi connectivity index (χ2n) is 9.51. The molecule has 3 N–H and O–H groups in total. The van der Waals surface area contributed by atoms with Crippen LogP contribution in [0.3, 0.4) is 0 Å². The number of amides is 2. The number of nitrogens with zero attached hydrogens (tertiary/aromatic N) is 4. The molecular weight excluding hydrogens is 550 g/mol. The van der Waals surface area contributed by atoms with Crippen LogP contribution < -0.4 is 16.0 Å². The first-order valence-electron chi connectivity index (χ1n) is 13.0. The summed E-state index contributed by atoms with van der Waals surface area (Å²) < 4.78 is 0. The fraction of sp³-hybridized carbons (Fsp3) is 0.0938. The van der Waals surface area contributed by atoms with Crippen LogP contribution in [0.4, 0.5) is 23.0 Å². The van der Waals surface area contributed by atoms with Gasteiger partial charge < -0.3 is 20.9 Å². The Morgan fingerprint density at radius 3 is 2.60 bits per heavy atom. The predicted octanol–water partition coefficient (Wildman–Crippen LogP) is 6.00. The molecule has 2 aromatic heterocycles. The third-order valence-corrected chi connectivity index (χ3v) is 6.30. The van der Waals surface area contributed by atoms with Gasteiger partial charge in [0.25, 0.3) is 5.91 Å². The van der Waals surface area contributed by atoms with E-state index < -0.39 is 5.91 Å². The van der Waals surface area contributed by atoms with Crippen LogP contribution in [0, 0.1) is 12.1 Å². The van der Waals surface area contributed by atoms with E-state index in [1.54, 1.807) is 48.7 Å². The lowest BCUT2D eigenvalue weighted by Gasteiger charge is -2.11. The van der Waals surface area contributed by atoms with E-state index >= 15 is 0 Å². The van der Waals surface area contributed by atoms with Gasteiger partial charge >= 0.3 is 0 Å². The summed E-state index contributed by atoms with van der Waals surface area (Å²) in [7, 11) is 3.83. The van der Waals surface area contributed by atoms with Crippen LogP contribution in [0.1, 0.15) is 10.5 Å². The lowest BCUT2D eigenvalue weighted by molar-refractivity contribution is -0.111. The summed E-state index contributed by atoms with van der Waals surface area (Å²) in [5.41, 5.74) is 3.27. The molecule has 0 saturated heterocycles. The number of anilines is 4. The summed E-state index contributed by atoms with van der Waals surface area (Å²) in [6, 6.07) is 26.1. The number of aromatic nitrogens is 3. The van der Waals surface area contributed by atoms with E-state index in [1.165, 1.54) is 12.3 Å². The van der Waals surface area contributed by atoms with Crippen molar-refractivity contribution < 1.29 is 9.59 Å². The molecule has 0 radical (unpaired) electrons. The molecule has 2 amide bonds. The molecular formula is C32H26ClN7O2. The Labute approximate surface area is 248 Å². The average Bonchev–Trinajstić information content (AvgIpc) is 2.98. The number of carbonyl (C=O) groups excluding carboxylic acids is 2. The molecule has 0 fully saturated rings. The number of fused-ring (bicyclic) bond motifs is 1. The van der Waals surface area contributed by atoms with Gasteiger partial charge in [0.2, 0.25) is 11.9 Å². The molecule has 0 spiro atoms. The molecule has 3 aromatic carbocycles. The maximum absolute atomic E-state index is 12.8. The highest BCUT2D eigenvalue weighted by molar-refractivity contribution is 6.33. The third-order valence-electron chi connectivity index (χ3n) is 6.02. The van der Waals surface area contributed by atoms with E-state index in [1.807, 2.05) is 49.3 Å². The maximum atomic E-state index is 12.8. The predicted molar refractivity (Wildman–Crippen MR) is 166 cm³/mol. The number of hydrogen-bond acceptors (Lipinski definition) is 7. The second kappa shape index (κ2) is 12.9. The molecule has 0 aliphatic heterocycles. The van der Waals surface area contributed by atoms with E-state index in [4.69, 9.17) is 11.6 Å². The molecule has 9 nitrogen and oxygen atoms in total. The standard InChI is InChI=1S/C32H26ClN7O2/c1-40(2)17-7-14-29(41)36-24-15-16-28(34-19-24)31(42)37-22-10-6-11-23(18-22)38-32-35-20-27(33)30(39-32)26-13-5-9-21-8-3-4-12-25(21)26/h3-4,6-8,10-16,18-20H,17H2,1-2H3,(H,36,41)(H,37,42)(H,35,38,39)/b14-7+. The van der Waals surface area contributed by atoms with Gasteiger partial charge in [0.1, 0.15) is 5.69 Å². The summed E-state index contributed by atoms with van der Waals surface area (Å²) in [6.07, 6.45) is 6.19. The Morgan fingerprint density at radius 1 is 0.952 bits per heavy atom. The Kier molecular flexibility index (Phi) is 8.68. The van der Waals surface area contributed by atoms with Gasteiger partial charge in [-0.05, 0) is 56.6 Å². The Hall–Kier alpha value is -5.30. The van der Waals surface area contributed by atoms with Gasteiger partial charge in [-0.1, -0.05) is 54.1 Å². The number of nitrogens with one attached hydrogen (secondary N) is 3. The fourth-order valence-corrected chi connectivity index (χ4v) is 4.25. The van der Waals surface area contributed by atoms with Crippen molar-refractivity contribution in [2.45, 2.75) is 0 Å². The van der Waals surface area contributed by atoms with Gasteiger partial charge in [-0.25, -0.2) is 15.0 Å². The normalized spacial score (nSPS) is 11.0. The summed E-state index contributed by atoms with van der Waals surface area (Å²) in [4.78, 5) is 40.0. The summed E-state index contributed by atoms with van der Waals surface area (Å²) in [5.74, 6) is -0.332. The largest absolute Gasteiger partial charge is 0.324 e. The topological polar surface area (TPSA) is 112 Å². The monoisotopic (exact) mass is 575 g/mol. The van der Waals surface area contributed by atoms with Crippen LogP contribution in [0.5, 0.6) is 0 Å². The van der Waals surface area contributed by atoms with Gasteiger partial charge in [0.05, 0.1) is 28.8 Å². The van der Waals surface area contributed by atoms with Crippen LogP contribution in [-0.4, -0.2) is 52.3 Å². The first-order chi connectivity index (χ1) is 20.4. The Morgan fingerprint density at radius 2 is 1.79 bits per heavy atom. The number of likely N-dealkylation sites (N-methyl/N-ethyl adjacent to an activating group) is 1. The van der Waals surface area contributed by atoms with E-state index in [-0.39, 0.29) is 11.6 Å². The minimum Gasteiger partial charge on any atom is -0.324 e. The highest BCUT2D eigenvalue weighted by atomic mass is 35.5. The number of benzene rings is 2. The molecule has 42 heavy (non-hydrogen) atoms. The molecule has 10 heteroatoms. The van der Waals surface area contributed by atoms with Crippen molar-refractivity contribution >= 4 is 57.2 Å². The van der Waals surface area contributed by atoms with Crippen LogP contribution in [-0.2, 0) is 4.79 Å². The minimum absolute atomic E-state index is 0.198. The molecule has 0 unspecified atom stereocenters. The first kappa shape index (κ1) is 28.2. The van der Waals surface area contributed by atoms with Crippen molar-refractivity contribution in [2.24, 2.45) is 0 Å².